The summed E-state index contributed by atoms with van der Waals surface area (Å²) in [5.41, 5.74) is 8.40. The molecule has 0 amide bonds. The topological polar surface area (TPSA) is 63.0 Å². The van der Waals surface area contributed by atoms with Crippen molar-refractivity contribution in [3.63, 3.8) is 0 Å². The first-order valence-electron chi connectivity index (χ1n) is 4.43. The average Bonchev–Trinajstić information content (AvgIpc) is 2.57. The molecule has 1 aromatic heterocycles. The molecular formula is C11H12N2O. The summed E-state index contributed by atoms with van der Waals surface area (Å²) in [5.74, 6) is 0.414. The van der Waals surface area contributed by atoms with E-state index in [0.29, 0.717) is 5.76 Å². The number of aryl methyl sites for hydroxylation is 2. The van der Waals surface area contributed by atoms with E-state index in [1.807, 2.05) is 32.0 Å². The van der Waals surface area contributed by atoms with Gasteiger partial charge in [-0.2, -0.15) is 0 Å². The zero-order valence-electron chi connectivity index (χ0n) is 8.22. The predicted molar refractivity (Wildman–Crippen MR) is 56.7 cm³/mol. The van der Waals surface area contributed by atoms with Gasteiger partial charge in [-0.15, -0.1) is 0 Å². The van der Waals surface area contributed by atoms with Gasteiger partial charge in [0.05, 0.1) is 0 Å². The van der Waals surface area contributed by atoms with Crippen LogP contribution in [0.2, 0.25) is 0 Å². The highest BCUT2D eigenvalue weighted by Crippen LogP contribution is 2.25. The Labute approximate surface area is 82.0 Å². The molecule has 0 atom stereocenters. The molecule has 3 N–H and O–H groups in total. The Kier molecular flexibility index (Phi) is 1.81. The molecule has 0 aliphatic heterocycles. The Bertz CT molecular complexity index is 472. The van der Waals surface area contributed by atoms with Crippen molar-refractivity contribution < 1.29 is 4.42 Å². The third-order valence-corrected chi connectivity index (χ3v) is 2.36. The predicted octanol–water partition coefficient (Wildman–Crippen LogP) is 2.33. The molecule has 14 heavy (non-hydrogen) atoms. The molecule has 3 heteroatoms. The van der Waals surface area contributed by atoms with Crippen LogP contribution in [0, 0.1) is 19.3 Å². The summed E-state index contributed by atoms with van der Waals surface area (Å²) in [6.07, 6.45) is 0. The lowest BCUT2D eigenvalue weighted by Crippen LogP contribution is -2.09. The van der Waals surface area contributed by atoms with E-state index < -0.39 is 0 Å². The van der Waals surface area contributed by atoms with Crippen molar-refractivity contribution in [2.24, 2.45) is 5.73 Å². The molecule has 2 aromatic rings. The fourth-order valence-electron chi connectivity index (χ4n) is 1.53. The second kappa shape index (κ2) is 2.87. The Morgan fingerprint density at radius 3 is 2.50 bits per heavy atom. The first-order chi connectivity index (χ1) is 6.59. The lowest BCUT2D eigenvalue weighted by molar-refractivity contribution is 0.600. The number of fused-ring (bicyclic) bond motifs is 1. The smallest absolute Gasteiger partial charge is 0.169 e. The second-order valence-electron chi connectivity index (χ2n) is 3.47. The van der Waals surface area contributed by atoms with Gasteiger partial charge >= 0.3 is 0 Å². The van der Waals surface area contributed by atoms with Crippen LogP contribution in [0.3, 0.4) is 0 Å². The van der Waals surface area contributed by atoms with Crippen molar-refractivity contribution in [2.45, 2.75) is 13.8 Å². The summed E-state index contributed by atoms with van der Waals surface area (Å²) in [5, 5.41) is 8.33. The Morgan fingerprint density at radius 2 is 1.93 bits per heavy atom. The SMILES string of the molecule is Cc1ccc(C)c2oc(C(=N)N)cc12. The summed E-state index contributed by atoms with van der Waals surface area (Å²) in [7, 11) is 0. The summed E-state index contributed by atoms with van der Waals surface area (Å²) in [6.45, 7) is 4.00. The maximum Gasteiger partial charge on any atom is 0.169 e. The minimum absolute atomic E-state index is 0.0278. The molecule has 0 fully saturated rings. The average molecular weight is 188 g/mol. The van der Waals surface area contributed by atoms with Gasteiger partial charge in [0.2, 0.25) is 0 Å². The lowest BCUT2D eigenvalue weighted by atomic mass is 10.1. The van der Waals surface area contributed by atoms with Crippen LogP contribution in [0.15, 0.2) is 22.6 Å². The molecule has 1 heterocycles. The molecule has 2 rings (SSSR count). The van der Waals surface area contributed by atoms with Gasteiger partial charge < -0.3 is 10.2 Å². The number of benzene rings is 1. The van der Waals surface area contributed by atoms with Crippen molar-refractivity contribution >= 4 is 16.8 Å². The van der Waals surface area contributed by atoms with Gasteiger partial charge in [-0.3, -0.25) is 5.41 Å². The van der Waals surface area contributed by atoms with Crippen LogP contribution >= 0.6 is 0 Å². The molecule has 0 saturated heterocycles. The van der Waals surface area contributed by atoms with E-state index in [9.17, 15) is 0 Å². The van der Waals surface area contributed by atoms with Gasteiger partial charge in [-0.05, 0) is 31.0 Å². The van der Waals surface area contributed by atoms with E-state index in [2.05, 4.69) is 0 Å². The molecule has 72 valence electrons. The lowest BCUT2D eigenvalue weighted by Gasteiger charge is -1.96. The van der Waals surface area contributed by atoms with E-state index in [1.54, 1.807) is 0 Å². The number of nitrogens with one attached hydrogen (secondary N) is 1. The molecule has 0 bridgehead atoms. The minimum Gasteiger partial charge on any atom is -0.453 e. The van der Waals surface area contributed by atoms with Gasteiger partial charge in [0.25, 0.3) is 0 Å². The number of hydrogen-bond donors (Lipinski definition) is 2. The quantitative estimate of drug-likeness (QED) is 0.533. The highest BCUT2D eigenvalue weighted by molar-refractivity contribution is 5.97. The number of rotatable bonds is 1. The summed E-state index contributed by atoms with van der Waals surface area (Å²) in [4.78, 5) is 0. The zero-order valence-corrected chi connectivity index (χ0v) is 8.22. The molecule has 0 saturated carbocycles. The molecular weight excluding hydrogens is 176 g/mol. The normalized spacial score (nSPS) is 10.7. The highest BCUT2D eigenvalue weighted by Gasteiger charge is 2.09. The van der Waals surface area contributed by atoms with Crippen LogP contribution in [0.25, 0.3) is 11.0 Å². The fraction of sp³-hybridized carbons (Fsp3) is 0.182. The number of amidine groups is 1. The van der Waals surface area contributed by atoms with Gasteiger partial charge in [0.15, 0.2) is 11.6 Å². The van der Waals surface area contributed by atoms with Crippen molar-refractivity contribution in [1.82, 2.24) is 0 Å². The Balaban J connectivity index is 2.82. The van der Waals surface area contributed by atoms with Crippen LogP contribution in [-0.4, -0.2) is 5.84 Å². The van der Waals surface area contributed by atoms with Gasteiger partial charge in [-0.25, -0.2) is 0 Å². The first-order valence-corrected chi connectivity index (χ1v) is 4.43. The summed E-state index contributed by atoms with van der Waals surface area (Å²) in [6, 6.07) is 5.86. The van der Waals surface area contributed by atoms with Crippen molar-refractivity contribution in [3.8, 4) is 0 Å². The maximum atomic E-state index is 7.29. The second-order valence-corrected chi connectivity index (χ2v) is 3.47. The number of furan rings is 1. The van der Waals surface area contributed by atoms with Crippen molar-refractivity contribution in [2.75, 3.05) is 0 Å². The van der Waals surface area contributed by atoms with Gasteiger partial charge in [0, 0.05) is 5.39 Å². The van der Waals surface area contributed by atoms with E-state index >= 15 is 0 Å². The van der Waals surface area contributed by atoms with Crippen LogP contribution in [-0.2, 0) is 0 Å². The molecule has 0 unspecified atom stereocenters. The number of hydrogen-bond acceptors (Lipinski definition) is 2. The third-order valence-electron chi connectivity index (χ3n) is 2.36. The Hall–Kier alpha value is -1.77. The molecule has 0 aliphatic rings. The molecule has 3 nitrogen and oxygen atoms in total. The largest absolute Gasteiger partial charge is 0.453 e. The van der Waals surface area contributed by atoms with E-state index in [-0.39, 0.29) is 5.84 Å². The van der Waals surface area contributed by atoms with Crippen molar-refractivity contribution in [1.29, 1.82) is 5.41 Å². The fourth-order valence-corrected chi connectivity index (χ4v) is 1.53. The van der Waals surface area contributed by atoms with Crippen LogP contribution < -0.4 is 5.73 Å². The highest BCUT2D eigenvalue weighted by atomic mass is 16.3. The first kappa shape index (κ1) is 8.81. The molecule has 0 aliphatic carbocycles. The van der Waals surface area contributed by atoms with Gasteiger partial charge in [0.1, 0.15) is 5.58 Å². The number of nitrogen functional groups attached to an aromatic ring is 1. The van der Waals surface area contributed by atoms with Crippen molar-refractivity contribution in [3.05, 3.63) is 35.1 Å². The standard InChI is InChI=1S/C11H12N2O/c1-6-3-4-7(2)10-8(6)5-9(14-10)11(12)13/h3-5H,1-2H3,(H3,12,13). The third kappa shape index (κ3) is 1.18. The molecule has 0 radical (unpaired) electrons. The molecule has 0 spiro atoms. The van der Waals surface area contributed by atoms with Crippen LogP contribution in [0.5, 0.6) is 0 Å². The Morgan fingerprint density at radius 1 is 1.29 bits per heavy atom. The monoisotopic (exact) mass is 188 g/mol. The minimum atomic E-state index is -0.0278. The maximum absolute atomic E-state index is 7.29. The van der Waals surface area contributed by atoms with Crippen LogP contribution in [0.1, 0.15) is 16.9 Å². The summed E-state index contributed by atoms with van der Waals surface area (Å²) < 4.78 is 5.49. The van der Waals surface area contributed by atoms with E-state index in [0.717, 1.165) is 22.1 Å². The molecule has 1 aromatic carbocycles. The van der Waals surface area contributed by atoms with Crippen LogP contribution in [0.4, 0.5) is 0 Å². The van der Waals surface area contributed by atoms with Gasteiger partial charge in [-0.1, -0.05) is 12.1 Å². The zero-order chi connectivity index (χ0) is 10.3. The summed E-state index contributed by atoms with van der Waals surface area (Å²) >= 11 is 0. The number of nitrogens with two attached hydrogens (primary N) is 1. The van der Waals surface area contributed by atoms with E-state index in [4.69, 9.17) is 15.6 Å². The van der Waals surface area contributed by atoms with E-state index in [1.165, 1.54) is 0 Å².